The van der Waals surface area contributed by atoms with E-state index in [9.17, 15) is 9.59 Å². The number of rotatable bonds is 4. The Labute approximate surface area is 121 Å². The van der Waals surface area contributed by atoms with Crippen molar-refractivity contribution < 1.29 is 9.59 Å². The molecule has 2 fully saturated rings. The van der Waals surface area contributed by atoms with Crippen molar-refractivity contribution in [2.45, 2.75) is 46.1 Å². The number of hydrogen-bond donors (Lipinski definition) is 1. The molecule has 2 aliphatic heterocycles. The Morgan fingerprint density at radius 3 is 2.10 bits per heavy atom. The molecule has 0 radical (unpaired) electrons. The topological polar surface area (TPSA) is 52.7 Å². The van der Waals surface area contributed by atoms with Crippen molar-refractivity contribution in [2.24, 2.45) is 11.8 Å². The molecule has 5 nitrogen and oxygen atoms in total. The molecule has 0 saturated carbocycles. The van der Waals surface area contributed by atoms with E-state index in [2.05, 4.69) is 24.1 Å². The highest BCUT2D eigenvalue weighted by Crippen LogP contribution is 2.30. The third kappa shape index (κ3) is 2.97. The van der Waals surface area contributed by atoms with Crippen LogP contribution in [0.25, 0.3) is 0 Å². The highest BCUT2D eigenvalue weighted by Gasteiger charge is 2.52. The van der Waals surface area contributed by atoms with Gasteiger partial charge in [-0.05, 0) is 24.7 Å². The predicted molar refractivity (Wildman–Crippen MR) is 78.3 cm³/mol. The number of amides is 3. The molecule has 2 heterocycles. The van der Waals surface area contributed by atoms with E-state index in [1.165, 1.54) is 4.90 Å². The van der Waals surface area contributed by atoms with Crippen LogP contribution in [0.3, 0.4) is 0 Å². The second-order valence-electron chi connectivity index (χ2n) is 7.02. The van der Waals surface area contributed by atoms with Crippen LogP contribution in [-0.2, 0) is 4.79 Å². The predicted octanol–water partition coefficient (Wildman–Crippen LogP) is 1.68. The van der Waals surface area contributed by atoms with E-state index in [-0.39, 0.29) is 11.9 Å². The Hall–Kier alpha value is -1.10. The molecular formula is C15H27N3O2. The number of hydrogen-bond acceptors (Lipinski definition) is 3. The van der Waals surface area contributed by atoms with Gasteiger partial charge in [0.2, 0.25) is 0 Å². The number of nitrogens with one attached hydrogen (secondary N) is 1. The number of carbonyl (C=O) groups is 2. The lowest BCUT2D eigenvalue weighted by atomic mass is 9.87. The fraction of sp³-hybridized carbons (Fsp3) is 0.867. The quantitative estimate of drug-likeness (QED) is 0.798. The first-order valence-electron chi connectivity index (χ1n) is 7.70. The molecule has 0 aliphatic carbocycles. The zero-order valence-electron chi connectivity index (χ0n) is 13.1. The van der Waals surface area contributed by atoms with Gasteiger partial charge in [0.1, 0.15) is 5.54 Å². The van der Waals surface area contributed by atoms with Crippen molar-refractivity contribution in [3.63, 3.8) is 0 Å². The Morgan fingerprint density at radius 1 is 1.05 bits per heavy atom. The summed E-state index contributed by atoms with van der Waals surface area (Å²) < 4.78 is 0. The van der Waals surface area contributed by atoms with Gasteiger partial charge in [-0.3, -0.25) is 9.69 Å². The Balaban J connectivity index is 2.00. The summed E-state index contributed by atoms with van der Waals surface area (Å²) >= 11 is 0. The summed E-state index contributed by atoms with van der Waals surface area (Å²) in [6, 6.07) is -0.207. The summed E-state index contributed by atoms with van der Waals surface area (Å²) in [5, 5.41) is 2.96. The third-order valence-electron chi connectivity index (χ3n) is 4.13. The maximum atomic E-state index is 12.6. The van der Waals surface area contributed by atoms with Crippen molar-refractivity contribution in [3.05, 3.63) is 0 Å². The lowest BCUT2D eigenvalue weighted by molar-refractivity contribution is -0.133. The molecule has 2 saturated heterocycles. The molecule has 0 aromatic carbocycles. The first-order valence-corrected chi connectivity index (χ1v) is 7.70. The van der Waals surface area contributed by atoms with Gasteiger partial charge in [0.05, 0.1) is 0 Å². The van der Waals surface area contributed by atoms with Crippen LogP contribution >= 0.6 is 0 Å². The summed E-state index contributed by atoms with van der Waals surface area (Å²) in [5.74, 6) is 0.927. The molecule has 3 amide bonds. The molecule has 0 unspecified atom stereocenters. The number of urea groups is 1. The lowest BCUT2D eigenvalue weighted by Crippen LogP contribution is -2.55. The molecule has 0 aromatic rings. The SMILES string of the molecule is CC(C)CN1CCC2(CC1)NC(=O)N(CC(C)C)C2=O. The zero-order chi connectivity index (χ0) is 14.9. The summed E-state index contributed by atoms with van der Waals surface area (Å²) in [5.41, 5.74) is -0.626. The maximum Gasteiger partial charge on any atom is 0.325 e. The van der Waals surface area contributed by atoms with Crippen LogP contribution in [-0.4, -0.2) is 53.5 Å². The van der Waals surface area contributed by atoms with E-state index in [1.807, 2.05) is 13.8 Å². The van der Waals surface area contributed by atoms with Crippen molar-refractivity contribution in [1.82, 2.24) is 15.1 Å². The molecule has 1 N–H and O–H groups in total. The minimum Gasteiger partial charge on any atom is -0.323 e. The van der Waals surface area contributed by atoms with Gasteiger partial charge in [-0.15, -0.1) is 0 Å². The van der Waals surface area contributed by atoms with Gasteiger partial charge in [0.25, 0.3) is 5.91 Å². The summed E-state index contributed by atoms with van der Waals surface area (Å²) in [6.07, 6.45) is 1.47. The third-order valence-corrected chi connectivity index (χ3v) is 4.13. The van der Waals surface area contributed by atoms with Crippen molar-refractivity contribution in [2.75, 3.05) is 26.2 Å². The highest BCUT2D eigenvalue weighted by atomic mass is 16.2. The first kappa shape index (κ1) is 15.3. The Bertz CT molecular complexity index is 385. The molecule has 0 bridgehead atoms. The molecule has 1 spiro atoms. The van der Waals surface area contributed by atoms with E-state index in [0.29, 0.717) is 18.4 Å². The molecule has 2 aliphatic rings. The largest absolute Gasteiger partial charge is 0.325 e. The summed E-state index contributed by atoms with van der Waals surface area (Å²) in [7, 11) is 0. The molecular weight excluding hydrogens is 254 g/mol. The number of imide groups is 1. The smallest absolute Gasteiger partial charge is 0.323 e. The molecule has 114 valence electrons. The van der Waals surface area contributed by atoms with E-state index in [1.54, 1.807) is 0 Å². The van der Waals surface area contributed by atoms with Crippen LogP contribution in [0.15, 0.2) is 0 Å². The minimum atomic E-state index is -0.626. The standard InChI is InChI=1S/C15H27N3O2/c1-11(2)9-17-7-5-15(6-8-17)13(19)18(10-12(3)4)14(20)16-15/h11-12H,5-10H2,1-4H3,(H,16,20). The van der Waals surface area contributed by atoms with Crippen LogP contribution in [0.1, 0.15) is 40.5 Å². The highest BCUT2D eigenvalue weighted by molar-refractivity contribution is 6.07. The number of piperidine rings is 1. The Morgan fingerprint density at radius 2 is 1.60 bits per heavy atom. The second-order valence-corrected chi connectivity index (χ2v) is 7.02. The zero-order valence-corrected chi connectivity index (χ0v) is 13.1. The molecule has 2 rings (SSSR count). The summed E-state index contributed by atoms with van der Waals surface area (Å²) in [6.45, 7) is 11.8. The van der Waals surface area contributed by atoms with Crippen molar-refractivity contribution in [3.8, 4) is 0 Å². The van der Waals surface area contributed by atoms with Crippen LogP contribution in [0, 0.1) is 11.8 Å². The normalized spacial score (nSPS) is 23.2. The monoisotopic (exact) mass is 281 g/mol. The van der Waals surface area contributed by atoms with Crippen LogP contribution in [0.2, 0.25) is 0 Å². The van der Waals surface area contributed by atoms with Gasteiger partial charge in [0, 0.05) is 26.2 Å². The van der Waals surface area contributed by atoms with E-state index in [0.717, 1.165) is 32.5 Å². The average molecular weight is 281 g/mol. The number of carbonyl (C=O) groups excluding carboxylic acids is 2. The van der Waals surface area contributed by atoms with Gasteiger partial charge < -0.3 is 10.2 Å². The van der Waals surface area contributed by atoms with Gasteiger partial charge in [-0.25, -0.2) is 4.79 Å². The fourth-order valence-corrected chi connectivity index (χ4v) is 3.18. The van der Waals surface area contributed by atoms with Gasteiger partial charge in [-0.2, -0.15) is 0 Å². The minimum absolute atomic E-state index is 0.0135. The molecule has 20 heavy (non-hydrogen) atoms. The van der Waals surface area contributed by atoms with Crippen molar-refractivity contribution in [1.29, 1.82) is 0 Å². The van der Waals surface area contributed by atoms with Crippen LogP contribution in [0.5, 0.6) is 0 Å². The Kier molecular flexibility index (Phi) is 4.37. The summed E-state index contributed by atoms with van der Waals surface area (Å²) in [4.78, 5) is 28.4. The van der Waals surface area contributed by atoms with Crippen LogP contribution < -0.4 is 5.32 Å². The van der Waals surface area contributed by atoms with E-state index < -0.39 is 5.54 Å². The molecule has 0 aromatic heterocycles. The first-order chi connectivity index (χ1) is 9.34. The fourth-order valence-electron chi connectivity index (χ4n) is 3.18. The molecule has 5 heteroatoms. The van der Waals surface area contributed by atoms with E-state index in [4.69, 9.17) is 0 Å². The number of likely N-dealkylation sites (tertiary alicyclic amines) is 1. The van der Waals surface area contributed by atoms with Crippen molar-refractivity contribution >= 4 is 11.9 Å². The average Bonchev–Trinajstić information content (AvgIpc) is 2.56. The molecule has 0 atom stereocenters. The van der Waals surface area contributed by atoms with Gasteiger partial charge >= 0.3 is 6.03 Å². The second kappa shape index (κ2) is 5.72. The van der Waals surface area contributed by atoms with Crippen LogP contribution in [0.4, 0.5) is 4.79 Å². The van der Waals surface area contributed by atoms with Gasteiger partial charge in [-0.1, -0.05) is 27.7 Å². The van der Waals surface area contributed by atoms with E-state index >= 15 is 0 Å². The lowest BCUT2D eigenvalue weighted by Gasteiger charge is -2.38. The van der Waals surface area contributed by atoms with Gasteiger partial charge in [0.15, 0.2) is 0 Å². The maximum absolute atomic E-state index is 12.6. The number of nitrogens with zero attached hydrogens (tertiary/aromatic N) is 2.